The summed E-state index contributed by atoms with van der Waals surface area (Å²) in [5.41, 5.74) is 0. The van der Waals surface area contributed by atoms with Gasteiger partial charge in [0.2, 0.25) is 0 Å². The van der Waals surface area contributed by atoms with Gasteiger partial charge in [-0.05, 0) is 19.3 Å². The van der Waals surface area contributed by atoms with Crippen molar-refractivity contribution in [2.75, 3.05) is 13.1 Å². The summed E-state index contributed by atoms with van der Waals surface area (Å²) in [5, 5.41) is 3.26. The molecule has 1 aliphatic rings. The summed E-state index contributed by atoms with van der Waals surface area (Å²) in [6.07, 6.45) is 2.41. The second-order valence-corrected chi connectivity index (χ2v) is 2.96. The van der Waals surface area contributed by atoms with E-state index in [2.05, 4.69) is 24.2 Å². The predicted octanol–water partition coefficient (Wildman–Crippen LogP) is 1.42. The van der Waals surface area contributed by atoms with Gasteiger partial charge in [-0.1, -0.05) is 6.92 Å². The first-order valence-electron chi connectivity index (χ1n) is 4.10. The van der Waals surface area contributed by atoms with E-state index in [-0.39, 0.29) is 0 Å². The Kier molecular flexibility index (Phi) is 2.72. The molecule has 1 N–H and O–H groups in total. The maximum atomic E-state index is 4.38. The summed E-state index contributed by atoms with van der Waals surface area (Å²) < 4.78 is 0. The molecule has 0 fully saturated rings. The van der Waals surface area contributed by atoms with E-state index in [9.17, 15) is 0 Å². The molecule has 1 atom stereocenters. The van der Waals surface area contributed by atoms with E-state index in [1.165, 1.54) is 12.3 Å². The topological polar surface area (TPSA) is 24.4 Å². The van der Waals surface area contributed by atoms with Gasteiger partial charge in [-0.2, -0.15) is 0 Å². The highest BCUT2D eigenvalue weighted by Crippen LogP contribution is 2.12. The van der Waals surface area contributed by atoms with Crippen LogP contribution < -0.4 is 5.32 Å². The van der Waals surface area contributed by atoms with E-state index in [0.29, 0.717) is 0 Å². The van der Waals surface area contributed by atoms with E-state index in [1.54, 1.807) is 0 Å². The molecule has 0 saturated heterocycles. The summed E-state index contributed by atoms with van der Waals surface area (Å²) >= 11 is 0. The molecule has 1 unspecified atom stereocenters. The second-order valence-electron chi connectivity index (χ2n) is 2.96. The molecular formula is C8H16N2. The summed E-state index contributed by atoms with van der Waals surface area (Å²) in [6.45, 7) is 6.42. The highest BCUT2D eigenvalue weighted by atomic mass is 15.0. The quantitative estimate of drug-likeness (QED) is 0.585. The average molecular weight is 140 g/mol. The van der Waals surface area contributed by atoms with Crippen LogP contribution in [-0.2, 0) is 0 Å². The minimum atomic E-state index is 0.826. The van der Waals surface area contributed by atoms with Crippen molar-refractivity contribution in [1.82, 2.24) is 5.32 Å². The first kappa shape index (κ1) is 7.58. The number of rotatable bonds is 1. The molecular weight excluding hydrogens is 124 g/mol. The second kappa shape index (κ2) is 3.59. The number of amidine groups is 1. The van der Waals surface area contributed by atoms with Crippen LogP contribution in [0.25, 0.3) is 0 Å². The molecule has 0 saturated carbocycles. The van der Waals surface area contributed by atoms with Gasteiger partial charge in [-0.3, -0.25) is 4.99 Å². The molecule has 0 aromatic rings. The van der Waals surface area contributed by atoms with Crippen LogP contribution in [0.1, 0.15) is 26.7 Å². The molecule has 0 aromatic heterocycles. The van der Waals surface area contributed by atoms with Gasteiger partial charge in [0.15, 0.2) is 0 Å². The van der Waals surface area contributed by atoms with Crippen molar-refractivity contribution in [2.24, 2.45) is 10.9 Å². The lowest BCUT2D eigenvalue weighted by Gasteiger charge is -2.18. The third-order valence-electron chi connectivity index (χ3n) is 1.85. The Morgan fingerprint density at radius 1 is 1.70 bits per heavy atom. The molecule has 10 heavy (non-hydrogen) atoms. The molecule has 0 amide bonds. The fourth-order valence-corrected chi connectivity index (χ4v) is 1.25. The fourth-order valence-electron chi connectivity index (χ4n) is 1.25. The van der Waals surface area contributed by atoms with Crippen LogP contribution in [0.5, 0.6) is 0 Å². The summed E-state index contributed by atoms with van der Waals surface area (Å²) in [4.78, 5) is 4.38. The molecule has 0 radical (unpaired) electrons. The van der Waals surface area contributed by atoms with Gasteiger partial charge < -0.3 is 5.32 Å². The number of nitrogens with one attached hydrogen (secondary N) is 1. The highest BCUT2D eigenvalue weighted by molar-refractivity contribution is 5.82. The first-order chi connectivity index (χ1) is 4.83. The molecule has 2 heteroatoms. The van der Waals surface area contributed by atoms with Crippen molar-refractivity contribution in [3.63, 3.8) is 0 Å². The van der Waals surface area contributed by atoms with Crippen molar-refractivity contribution in [2.45, 2.75) is 26.7 Å². The predicted molar refractivity (Wildman–Crippen MR) is 44.4 cm³/mol. The Labute approximate surface area is 62.7 Å². The summed E-state index contributed by atoms with van der Waals surface area (Å²) in [5.74, 6) is 2.04. The molecule has 0 bridgehead atoms. The van der Waals surface area contributed by atoms with Crippen LogP contribution >= 0.6 is 0 Å². The SMILES string of the molecule is CCNC1=NCCC(C)C1. The first-order valence-corrected chi connectivity index (χ1v) is 4.10. The highest BCUT2D eigenvalue weighted by Gasteiger charge is 2.10. The molecule has 0 aromatic carbocycles. The third-order valence-corrected chi connectivity index (χ3v) is 1.85. The Morgan fingerprint density at radius 2 is 2.50 bits per heavy atom. The van der Waals surface area contributed by atoms with Crippen LogP contribution in [0.4, 0.5) is 0 Å². The zero-order valence-electron chi connectivity index (χ0n) is 6.85. The smallest absolute Gasteiger partial charge is 0.0965 e. The lowest BCUT2D eigenvalue weighted by atomic mass is 10.0. The van der Waals surface area contributed by atoms with Gasteiger partial charge in [-0.15, -0.1) is 0 Å². The van der Waals surface area contributed by atoms with E-state index in [1.807, 2.05) is 0 Å². The Bertz CT molecular complexity index is 129. The van der Waals surface area contributed by atoms with Crippen LogP contribution in [0.2, 0.25) is 0 Å². The monoisotopic (exact) mass is 140 g/mol. The minimum absolute atomic E-state index is 0.826. The summed E-state index contributed by atoms with van der Waals surface area (Å²) in [6, 6.07) is 0. The molecule has 1 aliphatic heterocycles. The lowest BCUT2D eigenvalue weighted by molar-refractivity contribution is 0.531. The van der Waals surface area contributed by atoms with Gasteiger partial charge in [0.25, 0.3) is 0 Å². The van der Waals surface area contributed by atoms with Crippen molar-refractivity contribution < 1.29 is 0 Å². The van der Waals surface area contributed by atoms with E-state index >= 15 is 0 Å². The third kappa shape index (κ3) is 2.01. The molecule has 1 rings (SSSR count). The Hall–Kier alpha value is -0.530. The van der Waals surface area contributed by atoms with E-state index in [0.717, 1.165) is 25.4 Å². The van der Waals surface area contributed by atoms with Crippen molar-refractivity contribution >= 4 is 5.84 Å². The molecule has 0 aliphatic carbocycles. The van der Waals surface area contributed by atoms with Gasteiger partial charge in [0.1, 0.15) is 0 Å². The van der Waals surface area contributed by atoms with Crippen molar-refractivity contribution in [3.8, 4) is 0 Å². The van der Waals surface area contributed by atoms with Crippen LogP contribution in [0.15, 0.2) is 4.99 Å². The number of hydrogen-bond donors (Lipinski definition) is 1. The number of aliphatic imine (C=N–C) groups is 1. The van der Waals surface area contributed by atoms with Gasteiger partial charge in [-0.25, -0.2) is 0 Å². The zero-order chi connectivity index (χ0) is 7.40. The van der Waals surface area contributed by atoms with Gasteiger partial charge in [0.05, 0.1) is 5.84 Å². The largest absolute Gasteiger partial charge is 0.374 e. The molecule has 0 spiro atoms. The number of hydrogen-bond acceptors (Lipinski definition) is 2. The average Bonchev–Trinajstić information content (AvgIpc) is 1.88. The van der Waals surface area contributed by atoms with E-state index < -0.39 is 0 Å². The van der Waals surface area contributed by atoms with Crippen molar-refractivity contribution in [1.29, 1.82) is 0 Å². The maximum absolute atomic E-state index is 4.38. The standard InChI is InChI=1S/C8H16N2/c1-3-9-8-6-7(2)4-5-10-8/h7H,3-6H2,1-2H3,(H,9,10). The molecule has 2 nitrogen and oxygen atoms in total. The molecule has 58 valence electrons. The maximum Gasteiger partial charge on any atom is 0.0965 e. The zero-order valence-corrected chi connectivity index (χ0v) is 6.85. The fraction of sp³-hybridized carbons (Fsp3) is 0.875. The Morgan fingerprint density at radius 3 is 3.10 bits per heavy atom. The summed E-state index contributed by atoms with van der Waals surface area (Å²) in [7, 11) is 0. The number of nitrogens with zero attached hydrogens (tertiary/aromatic N) is 1. The lowest BCUT2D eigenvalue weighted by Crippen LogP contribution is -2.28. The minimum Gasteiger partial charge on any atom is -0.374 e. The van der Waals surface area contributed by atoms with Gasteiger partial charge in [0, 0.05) is 19.5 Å². The molecule has 1 heterocycles. The van der Waals surface area contributed by atoms with Crippen LogP contribution in [0.3, 0.4) is 0 Å². The Balaban J connectivity index is 2.36. The van der Waals surface area contributed by atoms with E-state index in [4.69, 9.17) is 0 Å². The van der Waals surface area contributed by atoms with Crippen LogP contribution in [-0.4, -0.2) is 18.9 Å². The van der Waals surface area contributed by atoms with Crippen LogP contribution in [0, 0.1) is 5.92 Å². The van der Waals surface area contributed by atoms with Gasteiger partial charge >= 0.3 is 0 Å². The van der Waals surface area contributed by atoms with Crippen molar-refractivity contribution in [3.05, 3.63) is 0 Å². The normalized spacial score (nSPS) is 25.8.